The second-order valence-electron chi connectivity index (χ2n) is 7.75. The molecule has 1 fully saturated rings. The Hall–Kier alpha value is -2.76. The van der Waals surface area contributed by atoms with Gasteiger partial charge in [0.2, 0.25) is 5.91 Å². The molecule has 152 valence electrons. The summed E-state index contributed by atoms with van der Waals surface area (Å²) in [6, 6.07) is 11.5. The number of aromatic amines is 1. The van der Waals surface area contributed by atoms with Crippen molar-refractivity contribution < 1.29 is 18.0 Å². The van der Waals surface area contributed by atoms with E-state index in [4.69, 9.17) is 0 Å². The normalized spacial score (nSPS) is 14.7. The van der Waals surface area contributed by atoms with Crippen molar-refractivity contribution in [2.45, 2.75) is 44.7 Å². The topological polar surface area (TPSA) is 44.9 Å². The van der Waals surface area contributed by atoms with E-state index in [1.807, 2.05) is 18.3 Å². The van der Waals surface area contributed by atoms with Crippen LogP contribution in [0, 0.1) is 5.92 Å². The second-order valence-corrected chi connectivity index (χ2v) is 7.75. The number of carbonyl (C=O) groups is 1. The van der Waals surface area contributed by atoms with Crippen molar-refractivity contribution in [2.24, 2.45) is 5.92 Å². The Morgan fingerprint density at radius 1 is 1.03 bits per heavy atom. The maximum Gasteiger partial charge on any atom is 0.416 e. The first kappa shape index (κ1) is 19.6. The molecule has 0 aliphatic heterocycles. The first-order valence-electron chi connectivity index (χ1n) is 9.97. The lowest BCUT2D eigenvalue weighted by Crippen LogP contribution is -2.27. The van der Waals surface area contributed by atoms with Crippen LogP contribution in [0.3, 0.4) is 0 Å². The van der Waals surface area contributed by atoms with E-state index in [1.54, 1.807) is 12.1 Å². The van der Waals surface area contributed by atoms with Crippen molar-refractivity contribution in [1.82, 2.24) is 4.98 Å². The molecule has 0 radical (unpaired) electrons. The van der Waals surface area contributed by atoms with Crippen LogP contribution in [0.4, 0.5) is 18.9 Å². The summed E-state index contributed by atoms with van der Waals surface area (Å²) in [7, 11) is 0. The van der Waals surface area contributed by atoms with Gasteiger partial charge >= 0.3 is 6.18 Å². The van der Waals surface area contributed by atoms with E-state index in [9.17, 15) is 18.0 Å². The first-order valence-corrected chi connectivity index (χ1v) is 9.97. The zero-order chi connectivity index (χ0) is 20.4. The molecule has 0 atom stereocenters. The lowest BCUT2D eigenvalue weighted by atomic mass is 9.85. The molecule has 1 amide bonds. The van der Waals surface area contributed by atoms with Gasteiger partial charge in [0.05, 0.1) is 11.3 Å². The van der Waals surface area contributed by atoms with Gasteiger partial charge in [-0.3, -0.25) is 4.79 Å². The van der Waals surface area contributed by atoms with E-state index in [1.165, 1.54) is 0 Å². The van der Waals surface area contributed by atoms with Gasteiger partial charge in [0.15, 0.2) is 0 Å². The Labute approximate surface area is 167 Å². The van der Waals surface area contributed by atoms with E-state index in [0.717, 1.165) is 72.0 Å². The molecule has 0 bridgehead atoms. The number of aromatic nitrogens is 1. The van der Waals surface area contributed by atoms with Gasteiger partial charge in [-0.1, -0.05) is 24.6 Å². The fourth-order valence-electron chi connectivity index (χ4n) is 3.69. The highest BCUT2D eigenvalue weighted by atomic mass is 19.4. The highest BCUT2D eigenvalue weighted by Crippen LogP contribution is 2.31. The Morgan fingerprint density at radius 3 is 2.38 bits per heavy atom. The Bertz CT molecular complexity index is 1000. The summed E-state index contributed by atoms with van der Waals surface area (Å²) >= 11 is 0. The largest absolute Gasteiger partial charge is 0.416 e. The fraction of sp³-hybridized carbons (Fsp3) is 0.348. The van der Waals surface area contributed by atoms with Gasteiger partial charge in [-0.25, -0.2) is 0 Å². The first-order chi connectivity index (χ1) is 13.9. The van der Waals surface area contributed by atoms with Gasteiger partial charge in [0, 0.05) is 23.0 Å². The number of benzene rings is 2. The van der Waals surface area contributed by atoms with Crippen molar-refractivity contribution in [2.75, 3.05) is 5.32 Å². The SMILES string of the molecule is O=C(Nc1c[nH]c2ccc(CCCc3ccc(C(F)(F)F)cc3)cc12)C1CCC1. The summed E-state index contributed by atoms with van der Waals surface area (Å²) in [5, 5.41) is 4.02. The average Bonchev–Trinajstić information content (AvgIpc) is 3.02. The number of halogens is 3. The molecule has 0 spiro atoms. The molecule has 29 heavy (non-hydrogen) atoms. The number of amides is 1. The molecule has 0 saturated heterocycles. The number of hydrogen-bond acceptors (Lipinski definition) is 1. The van der Waals surface area contributed by atoms with Crippen LogP contribution < -0.4 is 5.32 Å². The third kappa shape index (κ3) is 4.47. The molecule has 1 aliphatic carbocycles. The minimum absolute atomic E-state index is 0.0878. The van der Waals surface area contributed by atoms with Crippen molar-refractivity contribution in [3.05, 3.63) is 65.4 Å². The van der Waals surface area contributed by atoms with E-state index in [-0.39, 0.29) is 11.8 Å². The predicted octanol–water partition coefficient (Wildman–Crippen LogP) is 6.10. The van der Waals surface area contributed by atoms with Crippen LogP contribution in [0.2, 0.25) is 0 Å². The van der Waals surface area contributed by atoms with Crippen molar-refractivity contribution in [3.63, 3.8) is 0 Å². The van der Waals surface area contributed by atoms with Gasteiger partial charge in [-0.15, -0.1) is 0 Å². The van der Waals surface area contributed by atoms with Crippen LogP contribution in [0.15, 0.2) is 48.7 Å². The van der Waals surface area contributed by atoms with Crippen LogP contribution in [-0.2, 0) is 23.8 Å². The molecule has 2 aromatic carbocycles. The summed E-state index contributed by atoms with van der Waals surface area (Å²) in [5.74, 6) is 0.219. The van der Waals surface area contributed by atoms with E-state index < -0.39 is 11.7 Å². The van der Waals surface area contributed by atoms with Crippen LogP contribution in [0.1, 0.15) is 42.4 Å². The van der Waals surface area contributed by atoms with Crippen molar-refractivity contribution in [1.29, 1.82) is 0 Å². The Morgan fingerprint density at radius 2 is 1.72 bits per heavy atom. The molecule has 1 heterocycles. The average molecular weight is 400 g/mol. The fourth-order valence-corrected chi connectivity index (χ4v) is 3.69. The van der Waals surface area contributed by atoms with Gasteiger partial charge in [-0.2, -0.15) is 13.2 Å². The molecule has 4 rings (SSSR count). The maximum absolute atomic E-state index is 12.6. The summed E-state index contributed by atoms with van der Waals surface area (Å²) < 4.78 is 37.9. The van der Waals surface area contributed by atoms with E-state index in [2.05, 4.69) is 16.4 Å². The molecular formula is C23H23F3N2O. The van der Waals surface area contributed by atoms with Gasteiger partial charge in [-0.05, 0) is 67.5 Å². The number of hydrogen-bond donors (Lipinski definition) is 2. The molecule has 3 aromatic rings. The molecule has 1 aromatic heterocycles. The summed E-state index contributed by atoms with van der Waals surface area (Å²) in [5.41, 5.74) is 3.20. The summed E-state index contributed by atoms with van der Waals surface area (Å²) in [4.78, 5) is 15.4. The maximum atomic E-state index is 12.6. The molecule has 2 N–H and O–H groups in total. The standard InChI is InChI=1S/C23H23F3N2O/c24-23(25,26)18-10-7-15(8-11-18)3-1-4-16-9-12-20-19(13-16)21(14-27-20)28-22(29)17-5-2-6-17/h7-14,17,27H,1-6H2,(H,28,29). The number of carbonyl (C=O) groups excluding carboxylic acids is 1. The quantitative estimate of drug-likeness (QED) is 0.516. The monoisotopic (exact) mass is 400 g/mol. The Kier molecular flexibility index (Phi) is 5.35. The van der Waals surface area contributed by atoms with Crippen LogP contribution in [0.25, 0.3) is 10.9 Å². The third-order valence-corrected chi connectivity index (χ3v) is 5.69. The molecular weight excluding hydrogens is 377 g/mol. The number of anilines is 1. The van der Waals surface area contributed by atoms with Crippen LogP contribution in [0.5, 0.6) is 0 Å². The van der Waals surface area contributed by atoms with E-state index in [0.29, 0.717) is 6.42 Å². The van der Waals surface area contributed by atoms with Gasteiger partial charge < -0.3 is 10.3 Å². The number of alkyl halides is 3. The molecule has 6 heteroatoms. The lowest BCUT2D eigenvalue weighted by Gasteiger charge is -2.23. The minimum atomic E-state index is -4.30. The number of rotatable bonds is 6. The number of nitrogens with one attached hydrogen (secondary N) is 2. The van der Waals surface area contributed by atoms with Crippen LogP contribution >= 0.6 is 0 Å². The molecule has 1 saturated carbocycles. The van der Waals surface area contributed by atoms with E-state index >= 15 is 0 Å². The summed E-state index contributed by atoms with van der Waals surface area (Å²) in [6.07, 6.45) is 2.95. The van der Waals surface area contributed by atoms with Crippen molar-refractivity contribution >= 4 is 22.5 Å². The highest BCUT2D eigenvalue weighted by Gasteiger charge is 2.29. The third-order valence-electron chi connectivity index (χ3n) is 5.69. The lowest BCUT2D eigenvalue weighted by molar-refractivity contribution is -0.137. The highest BCUT2D eigenvalue weighted by molar-refractivity contribution is 6.02. The number of aryl methyl sites for hydroxylation is 2. The van der Waals surface area contributed by atoms with Crippen molar-refractivity contribution in [3.8, 4) is 0 Å². The molecule has 1 aliphatic rings. The zero-order valence-corrected chi connectivity index (χ0v) is 16.0. The molecule has 0 unspecified atom stereocenters. The van der Waals surface area contributed by atoms with Crippen LogP contribution in [-0.4, -0.2) is 10.9 Å². The van der Waals surface area contributed by atoms with Gasteiger partial charge in [0.1, 0.15) is 0 Å². The minimum Gasteiger partial charge on any atom is -0.359 e. The number of fused-ring (bicyclic) bond motifs is 1. The number of H-pyrrole nitrogens is 1. The molecule has 3 nitrogen and oxygen atoms in total. The second kappa shape index (κ2) is 7.93. The van der Waals surface area contributed by atoms with Gasteiger partial charge in [0.25, 0.3) is 0 Å². The zero-order valence-electron chi connectivity index (χ0n) is 16.0. The predicted molar refractivity (Wildman–Crippen MR) is 108 cm³/mol. The summed E-state index contributed by atoms with van der Waals surface area (Å²) in [6.45, 7) is 0. The Balaban J connectivity index is 1.38. The smallest absolute Gasteiger partial charge is 0.359 e.